The zero-order chi connectivity index (χ0) is 20.4. The summed E-state index contributed by atoms with van der Waals surface area (Å²) >= 11 is 0. The molecule has 2 aromatic rings. The summed E-state index contributed by atoms with van der Waals surface area (Å²) in [6.45, 7) is -0.374. The van der Waals surface area contributed by atoms with E-state index in [1.807, 2.05) is 48.5 Å². The maximum Gasteiger partial charge on any atom is 0.306 e. The van der Waals surface area contributed by atoms with Gasteiger partial charge in [-0.25, -0.2) is 8.42 Å². The highest BCUT2D eigenvalue weighted by atomic mass is 32.2. The van der Waals surface area contributed by atoms with Crippen molar-refractivity contribution in [2.45, 2.75) is 25.7 Å². The number of carbonyl (C=O) groups excluding carboxylic acids is 2. The van der Waals surface area contributed by atoms with E-state index in [2.05, 4.69) is 0 Å². The quantitative estimate of drug-likeness (QED) is 0.720. The van der Waals surface area contributed by atoms with Crippen molar-refractivity contribution >= 4 is 33.1 Å². The molecule has 0 radical (unpaired) electrons. The third kappa shape index (κ3) is 4.34. The first kappa shape index (κ1) is 19.6. The number of benzene rings is 2. The third-order valence-corrected chi connectivity index (χ3v) is 7.35. The smallest absolute Gasteiger partial charge is 0.306 e. The molecule has 2 aliphatic rings. The average Bonchev–Trinajstić information content (AvgIpc) is 2.95. The molecule has 29 heavy (non-hydrogen) atoms. The fraction of sp³-hybridized carbons (Fsp3) is 0.364. The van der Waals surface area contributed by atoms with Crippen molar-refractivity contribution in [2.24, 2.45) is 5.92 Å². The van der Waals surface area contributed by atoms with Crippen LogP contribution >= 0.6 is 0 Å². The second-order valence-corrected chi connectivity index (χ2v) is 9.85. The average molecular weight is 413 g/mol. The predicted molar refractivity (Wildman–Crippen MR) is 110 cm³/mol. The highest BCUT2D eigenvalue weighted by molar-refractivity contribution is 7.91. The predicted octanol–water partition coefficient (Wildman–Crippen LogP) is 2.82. The van der Waals surface area contributed by atoms with E-state index >= 15 is 0 Å². The van der Waals surface area contributed by atoms with Gasteiger partial charge in [0.2, 0.25) is 0 Å². The number of fused-ring (bicyclic) bond motifs is 2. The summed E-state index contributed by atoms with van der Waals surface area (Å²) < 4.78 is 28.3. The number of sulfone groups is 1. The van der Waals surface area contributed by atoms with Crippen molar-refractivity contribution in [3.8, 4) is 0 Å². The molecule has 0 saturated carbocycles. The van der Waals surface area contributed by atoms with E-state index in [4.69, 9.17) is 4.74 Å². The highest BCUT2D eigenvalue weighted by Gasteiger charge is 2.31. The summed E-state index contributed by atoms with van der Waals surface area (Å²) in [4.78, 5) is 26.9. The Balaban J connectivity index is 1.49. The maximum atomic E-state index is 13.1. The summed E-state index contributed by atoms with van der Waals surface area (Å²) in [5, 5.41) is 0. The molecule has 0 aromatic heterocycles. The number of rotatable bonds is 4. The molecule has 2 aliphatic heterocycles. The lowest BCUT2D eigenvalue weighted by Gasteiger charge is -2.25. The number of hydrogen-bond donors (Lipinski definition) is 0. The van der Waals surface area contributed by atoms with Crippen molar-refractivity contribution in [1.82, 2.24) is 0 Å². The van der Waals surface area contributed by atoms with Crippen molar-refractivity contribution < 1.29 is 22.7 Å². The molecule has 0 spiro atoms. The van der Waals surface area contributed by atoms with Crippen molar-refractivity contribution in [3.63, 3.8) is 0 Å². The van der Waals surface area contributed by atoms with Crippen LogP contribution in [-0.4, -0.2) is 38.4 Å². The number of para-hydroxylation sites is 2. The topological polar surface area (TPSA) is 80.7 Å². The van der Waals surface area contributed by atoms with Gasteiger partial charge in [0.15, 0.2) is 16.4 Å². The van der Waals surface area contributed by atoms with Crippen LogP contribution in [0.3, 0.4) is 0 Å². The van der Waals surface area contributed by atoms with Crippen LogP contribution < -0.4 is 4.90 Å². The van der Waals surface area contributed by atoms with Gasteiger partial charge in [-0.3, -0.25) is 14.5 Å². The summed E-state index contributed by atoms with van der Waals surface area (Å²) in [6, 6.07) is 15.5. The van der Waals surface area contributed by atoms with Gasteiger partial charge in [0.1, 0.15) is 0 Å². The molecule has 7 heteroatoms. The third-order valence-electron chi connectivity index (χ3n) is 5.52. The number of aryl methyl sites for hydroxylation is 2. The number of amides is 1. The van der Waals surface area contributed by atoms with E-state index in [-0.39, 0.29) is 36.4 Å². The standard InChI is InChI=1S/C22H23NO5S/c24-21(14-28-22(25)13-16-11-12-29(26,27)15-16)23-19-7-3-1-5-17(19)9-10-18-6-2-4-8-20(18)23/h1-8,16H,9-15H2. The zero-order valence-corrected chi connectivity index (χ0v) is 16.9. The van der Waals surface area contributed by atoms with Crippen molar-refractivity contribution in [2.75, 3.05) is 23.0 Å². The Hall–Kier alpha value is -2.67. The van der Waals surface area contributed by atoms with Crippen LogP contribution in [0.1, 0.15) is 24.0 Å². The van der Waals surface area contributed by atoms with Crippen molar-refractivity contribution in [3.05, 3.63) is 59.7 Å². The second-order valence-electron chi connectivity index (χ2n) is 7.62. The van der Waals surface area contributed by atoms with Gasteiger partial charge >= 0.3 is 5.97 Å². The molecule has 0 bridgehead atoms. The SMILES string of the molecule is O=C(CC1CCS(=O)(=O)C1)OCC(=O)N1c2ccccc2CCc2ccccc21. The molecule has 4 rings (SSSR count). The molecular weight excluding hydrogens is 390 g/mol. The maximum absolute atomic E-state index is 13.1. The van der Waals surface area contributed by atoms with E-state index in [0.717, 1.165) is 35.3 Å². The van der Waals surface area contributed by atoms with Gasteiger partial charge in [0, 0.05) is 6.42 Å². The minimum absolute atomic E-state index is 0.0168. The second kappa shape index (κ2) is 7.99. The fourth-order valence-electron chi connectivity index (χ4n) is 4.08. The molecule has 1 fully saturated rings. The van der Waals surface area contributed by atoms with E-state index in [9.17, 15) is 18.0 Å². The lowest BCUT2D eigenvalue weighted by Crippen LogP contribution is -2.31. The molecule has 1 amide bonds. The lowest BCUT2D eigenvalue weighted by molar-refractivity contribution is -0.148. The summed E-state index contributed by atoms with van der Waals surface area (Å²) in [6.07, 6.45) is 2.15. The van der Waals surface area contributed by atoms with Crippen LogP contribution in [0.4, 0.5) is 11.4 Å². The molecular formula is C22H23NO5S. The van der Waals surface area contributed by atoms with Gasteiger partial charge in [-0.1, -0.05) is 36.4 Å². The number of carbonyl (C=O) groups is 2. The number of ether oxygens (including phenoxy) is 1. The van der Waals surface area contributed by atoms with Gasteiger partial charge in [-0.15, -0.1) is 0 Å². The fourth-order valence-corrected chi connectivity index (χ4v) is 5.94. The first-order valence-electron chi connectivity index (χ1n) is 9.78. The monoisotopic (exact) mass is 413 g/mol. The van der Waals surface area contributed by atoms with Gasteiger partial charge < -0.3 is 4.74 Å². The van der Waals surface area contributed by atoms with Crippen LogP contribution in [0.25, 0.3) is 0 Å². The minimum Gasteiger partial charge on any atom is -0.456 e. The highest BCUT2D eigenvalue weighted by Crippen LogP contribution is 2.36. The zero-order valence-electron chi connectivity index (χ0n) is 16.0. The summed E-state index contributed by atoms with van der Waals surface area (Å²) in [7, 11) is -3.04. The first-order valence-corrected chi connectivity index (χ1v) is 11.6. The molecule has 152 valence electrons. The largest absolute Gasteiger partial charge is 0.456 e. The van der Waals surface area contributed by atoms with Crippen LogP contribution in [0, 0.1) is 5.92 Å². The Morgan fingerprint density at radius 3 is 2.10 bits per heavy atom. The normalized spacial score (nSPS) is 19.7. The van der Waals surface area contributed by atoms with E-state index in [1.165, 1.54) is 0 Å². The van der Waals surface area contributed by atoms with Crippen LogP contribution in [0.5, 0.6) is 0 Å². The van der Waals surface area contributed by atoms with E-state index in [1.54, 1.807) is 4.90 Å². The van der Waals surface area contributed by atoms with Gasteiger partial charge in [0.05, 0.1) is 22.9 Å². The minimum atomic E-state index is -3.04. The summed E-state index contributed by atoms with van der Waals surface area (Å²) in [5.41, 5.74) is 3.75. The van der Waals surface area contributed by atoms with E-state index in [0.29, 0.717) is 6.42 Å². The molecule has 6 nitrogen and oxygen atoms in total. The number of nitrogens with zero attached hydrogens (tertiary/aromatic N) is 1. The molecule has 1 unspecified atom stereocenters. The van der Waals surface area contributed by atoms with Crippen molar-refractivity contribution in [1.29, 1.82) is 0 Å². The molecule has 1 saturated heterocycles. The van der Waals surface area contributed by atoms with Crippen LogP contribution in [-0.2, 0) is 37.0 Å². The molecule has 2 heterocycles. The summed E-state index contributed by atoms with van der Waals surface area (Å²) in [5.74, 6) is -0.938. The Kier molecular flexibility index (Phi) is 5.41. The molecule has 2 aromatic carbocycles. The van der Waals surface area contributed by atoms with Crippen LogP contribution in [0.15, 0.2) is 48.5 Å². The Labute approximate surface area is 170 Å². The number of anilines is 2. The Bertz CT molecular complexity index is 999. The van der Waals surface area contributed by atoms with E-state index < -0.39 is 15.8 Å². The Morgan fingerprint density at radius 2 is 1.55 bits per heavy atom. The van der Waals surface area contributed by atoms with Gasteiger partial charge in [-0.05, 0) is 48.4 Å². The van der Waals surface area contributed by atoms with Gasteiger partial charge in [-0.2, -0.15) is 0 Å². The molecule has 0 aliphatic carbocycles. The molecule has 0 N–H and O–H groups in total. The van der Waals surface area contributed by atoms with Gasteiger partial charge in [0.25, 0.3) is 5.91 Å². The molecule has 1 atom stereocenters. The number of esters is 1. The lowest BCUT2D eigenvalue weighted by atomic mass is 10.0. The van der Waals surface area contributed by atoms with Crippen LogP contribution in [0.2, 0.25) is 0 Å². The Morgan fingerprint density at radius 1 is 0.966 bits per heavy atom. The number of hydrogen-bond acceptors (Lipinski definition) is 5. The first-order chi connectivity index (χ1) is 13.9.